The van der Waals surface area contributed by atoms with Gasteiger partial charge >= 0.3 is 23.5 Å². The van der Waals surface area contributed by atoms with Crippen LogP contribution in [0.2, 0.25) is 0 Å². The molecule has 0 saturated carbocycles. The van der Waals surface area contributed by atoms with Crippen LogP contribution in [0.25, 0.3) is 0 Å². The van der Waals surface area contributed by atoms with E-state index in [0.717, 1.165) is 0 Å². The van der Waals surface area contributed by atoms with E-state index in [0.29, 0.717) is 0 Å². The van der Waals surface area contributed by atoms with Crippen molar-refractivity contribution in [3.63, 3.8) is 0 Å². The standard InChI is InChI=1S/H5O10P3/c1-11(2,3)9-13(7,8)10-12(4,5)6/h(H,7,8)(H2,1,2,3)(H2,4,5,6)/i/hD. The van der Waals surface area contributed by atoms with E-state index in [2.05, 4.69) is 13.5 Å². The Morgan fingerprint density at radius 2 is 1.31 bits per heavy atom. The van der Waals surface area contributed by atoms with Gasteiger partial charge in [-0.25, -0.2) is 13.7 Å². The lowest BCUT2D eigenvalue weighted by molar-refractivity contribution is 0.204. The summed E-state index contributed by atoms with van der Waals surface area (Å²) < 4.78 is 43.2. The average Bonchev–Trinajstić information content (AvgIpc) is 1.78. The molecule has 80 valence electrons. The Morgan fingerprint density at radius 1 is 0.923 bits per heavy atom. The van der Waals surface area contributed by atoms with Crippen molar-refractivity contribution in [3.8, 4) is 0 Å². The molecule has 0 aliphatic carbocycles. The van der Waals surface area contributed by atoms with Gasteiger partial charge in [-0.05, 0) is 0 Å². The lowest BCUT2D eigenvalue weighted by Crippen LogP contribution is -1.91. The molecule has 0 bridgehead atoms. The highest BCUT2D eigenvalue weighted by Crippen LogP contribution is 2.64. The fourth-order valence-electron chi connectivity index (χ4n) is 0.280. The molecule has 0 aromatic heterocycles. The van der Waals surface area contributed by atoms with Crippen molar-refractivity contribution in [2.75, 3.05) is 0 Å². The van der Waals surface area contributed by atoms with E-state index < -0.39 is 23.5 Å². The van der Waals surface area contributed by atoms with E-state index in [1.54, 1.807) is 0 Å². The zero-order valence-corrected chi connectivity index (χ0v) is 8.26. The van der Waals surface area contributed by atoms with E-state index >= 15 is 0 Å². The molecule has 13 heavy (non-hydrogen) atoms. The molecule has 10 nitrogen and oxygen atoms in total. The van der Waals surface area contributed by atoms with Crippen LogP contribution in [0.1, 0.15) is 0 Å². The van der Waals surface area contributed by atoms with Gasteiger partial charge in [0.25, 0.3) is 0 Å². The van der Waals surface area contributed by atoms with Crippen LogP contribution in [0.5, 0.6) is 0 Å². The molecular weight excluding hydrogens is 253 g/mol. The molecule has 2 unspecified atom stereocenters. The minimum Gasteiger partial charge on any atom is -0.302 e. The van der Waals surface area contributed by atoms with Crippen molar-refractivity contribution >= 4 is 23.5 Å². The molecule has 0 heterocycles. The van der Waals surface area contributed by atoms with Crippen molar-refractivity contribution in [1.29, 1.82) is 1.43 Å². The predicted molar refractivity (Wildman–Crippen MR) is 36.1 cm³/mol. The van der Waals surface area contributed by atoms with E-state index in [1.807, 2.05) is 0 Å². The Labute approximate surface area is 72.7 Å². The van der Waals surface area contributed by atoms with E-state index in [-0.39, 0.29) is 0 Å². The summed E-state index contributed by atoms with van der Waals surface area (Å²) in [5.41, 5.74) is 0. The minimum absolute atomic E-state index is 2.96. The number of rotatable bonds is 5. The Bertz CT molecular complexity index is 324. The Kier molecular flexibility index (Phi) is 3.43. The van der Waals surface area contributed by atoms with Crippen molar-refractivity contribution < 1.29 is 46.8 Å². The molecule has 0 amide bonds. The van der Waals surface area contributed by atoms with Crippen molar-refractivity contribution in [2.45, 2.75) is 0 Å². The molecule has 0 aliphatic heterocycles. The van der Waals surface area contributed by atoms with Crippen LogP contribution in [-0.4, -0.2) is 25.9 Å². The maximum absolute atomic E-state index is 10.5. The van der Waals surface area contributed by atoms with Crippen LogP contribution in [0.3, 0.4) is 0 Å². The summed E-state index contributed by atoms with van der Waals surface area (Å²) in [6.45, 7) is 0. The van der Waals surface area contributed by atoms with Gasteiger partial charge in [0.15, 0.2) is 0 Å². The molecule has 0 aromatic carbocycles. The lowest BCUT2D eigenvalue weighted by atomic mass is 15.7. The van der Waals surface area contributed by atoms with Gasteiger partial charge in [-0.1, -0.05) is 0 Å². The molecule has 0 saturated heterocycles. The van der Waals surface area contributed by atoms with Crippen LogP contribution >= 0.6 is 23.5 Å². The lowest BCUT2D eigenvalue weighted by Gasteiger charge is -2.11. The fraction of sp³-hybridized carbons (Fsp3) is 0. The SMILES string of the molecule is [2H]OP(=O)(O)OP(=O)(O)OP(=O)(O)O. The molecule has 0 rings (SSSR count). The zero-order valence-electron chi connectivity index (χ0n) is 6.58. The van der Waals surface area contributed by atoms with Crippen LogP contribution in [-0.2, 0) is 22.3 Å². The molecule has 13 heteroatoms. The van der Waals surface area contributed by atoms with Gasteiger partial charge in [-0.3, -0.25) is 0 Å². The Balaban J connectivity index is 4.60. The molecule has 0 aliphatic rings. The van der Waals surface area contributed by atoms with E-state index in [1.165, 1.54) is 0 Å². The van der Waals surface area contributed by atoms with Crippen LogP contribution in [0, 0.1) is 0 Å². The van der Waals surface area contributed by atoms with Crippen molar-refractivity contribution in [1.82, 2.24) is 0 Å². The Hall–Kier alpha value is 0.410. The summed E-state index contributed by atoms with van der Waals surface area (Å²) in [6, 6.07) is 0. The third-order valence-electron chi connectivity index (χ3n) is 0.416. The van der Waals surface area contributed by atoms with Crippen LogP contribution < -0.4 is 0 Å². The number of phosphoric acid groups is 3. The maximum Gasteiger partial charge on any atom is 0.490 e. The summed E-state index contributed by atoms with van der Waals surface area (Å²) in [7, 11) is -16.0. The molecule has 0 fully saturated rings. The van der Waals surface area contributed by atoms with Crippen molar-refractivity contribution in [3.05, 3.63) is 0 Å². The highest BCUT2D eigenvalue weighted by molar-refractivity contribution is 7.66. The van der Waals surface area contributed by atoms with Gasteiger partial charge in [0.2, 0.25) is 1.43 Å². The molecule has 0 spiro atoms. The molecule has 0 radical (unpaired) electrons. The quantitative estimate of drug-likeness (QED) is 0.397. The summed E-state index contributed by atoms with van der Waals surface area (Å²) >= 11 is 0. The van der Waals surface area contributed by atoms with Crippen LogP contribution in [0.15, 0.2) is 0 Å². The summed E-state index contributed by atoms with van der Waals surface area (Å²) in [6.07, 6.45) is 0. The van der Waals surface area contributed by atoms with Gasteiger partial charge in [0.1, 0.15) is 0 Å². The second-order valence-electron chi connectivity index (χ2n) is 1.59. The van der Waals surface area contributed by atoms with Gasteiger partial charge in [-0.15, -0.1) is 0 Å². The van der Waals surface area contributed by atoms with Crippen molar-refractivity contribution in [2.24, 2.45) is 0 Å². The monoisotopic (exact) mass is 259 g/mol. The van der Waals surface area contributed by atoms with E-state index in [9.17, 15) is 13.7 Å². The highest BCUT2D eigenvalue weighted by Gasteiger charge is 2.38. The minimum atomic E-state index is -5.47. The first-order valence-corrected chi connectivity index (χ1v) is 6.78. The molecule has 5 N–H and O–H groups in total. The summed E-state index contributed by atoms with van der Waals surface area (Å²) in [5, 5.41) is 0. The molecule has 0 aromatic rings. The molecule has 2 atom stereocenters. The fourth-order valence-corrected chi connectivity index (χ4v) is 2.79. The largest absolute Gasteiger partial charge is 0.490 e. The zero-order chi connectivity index (χ0) is 11.6. The first-order chi connectivity index (χ1) is 5.97. The van der Waals surface area contributed by atoms with Gasteiger partial charge in [0.05, 0.1) is 0 Å². The van der Waals surface area contributed by atoms with Gasteiger partial charge in [-0.2, -0.15) is 8.62 Å². The van der Waals surface area contributed by atoms with E-state index in [4.69, 9.17) is 21.0 Å². The second kappa shape index (κ2) is 3.88. The third-order valence-corrected chi connectivity index (χ3v) is 3.74. The van der Waals surface area contributed by atoms with Crippen LogP contribution in [0.4, 0.5) is 0 Å². The average molecular weight is 259 g/mol. The summed E-state index contributed by atoms with van der Waals surface area (Å²) in [5.74, 6) is 0. The maximum atomic E-state index is 10.5. The number of hydrogen-bond acceptors (Lipinski definition) is 6. The molecular formula is H5O10P3. The topological polar surface area (TPSA) is 171 Å². The summed E-state index contributed by atoms with van der Waals surface area (Å²) in [4.78, 5) is 35.8. The normalized spacial score (nSPS) is 22.9. The second-order valence-corrected chi connectivity index (χ2v) is 5.75. The smallest absolute Gasteiger partial charge is 0.302 e. The first-order valence-electron chi connectivity index (χ1n) is 2.67. The Morgan fingerprint density at radius 3 is 1.62 bits per heavy atom. The first kappa shape index (κ1) is 11.5. The van der Waals surface area contributed by atoms with Gasteiger partial charge < -0.3 is 24.5 Å². The predicted octanol–water partition coefficient (Wildman–Crippen LogP) is -0.695. The van der Waals surface area contributed by atoms with Gasteiger partial charge in [0, 0.05) is 0 Å². The number of hydrogen-bond donors (Lipinski definition) is 5. The highest BCUT2D eigenvalue weighted by atomic mass is 31.3. The third kappa shape index (κ3) is 8.73.